The maximum Gasteiger partial charge on any atom is 0.235 e. The lowest BCUT2D eigenvalue weighted by atomic mass is 10.1. The second-order valence-corrected chi connectivity index (χ2v) is 6.17. The quantitative estimate of drug-likeness (QED) is 0.584. The van der Waals surface area contributed by atoms with Gasteiger partial charge in [0.15, 0.2) is 5.11 Å². The highest BCUT2D eigenvalue weighted by molar-refractivity contribution is 7.80. The number of anilines is 1. The summed E-state index contributed by atoms with van der Waals surface area (Å²) in [4.78, 5) is 0. The molecular weight excluding hydrogens is 320 g/mol. The Morgan fingerprint density at radius 1 is 1.21 bits per heavy atom. The Kier molecular flexibility index (Phi) is 6.93. The van der Waals surface area contributed by atoms with Gasteiger partial charge in [-0.3, -0.25) is 0 Å². The van der Waals surface area contributed by atoms with Crippen molar-refractivity contribution in [1.29, 1.82) is 0 Å². The van der Waals surface area contributed by atoms with Gasteiger partial charge in [-0.2, -0.15) is 0 Å². The van der Waals surface area contributed by atoms with Gasteiger partial charge in [0.05, 0.1) is 12.3 Å². The molecule has 0 unspecified atom stereocenters. The van der Waals surface area contributed by atoms with Gasteiger partial charge < -0.3 is 15.4 Å². The lowest BCUT2D eigenvalue weighted by molar-refractivity contribution is 0.294. The van der Waals surface area contributed by atoms with Crippen molar-refractivity contribution in [2.45, 2.75) is 39.7 Å². The Morgan fingerprint density at radius 3 is 2.62 bits per heavy atom. The van der Waals surface area contributed by atoms with E-state index in [0.717, 1.165) is 29.8 Å². The number of ether oxygens (including phenoxy) is 1. The molecule has 2 rings (SSSR count). The molecule has 0 aliphatic rings. The van der Waals surface area contributed by atoms with Crippen molar-refractivity contribution < 1.29 is 4.74 Å². The summed E-state index contributed by atoms with van der Waals surface area (Å²) in [7, 11) is 0. The van der Waals surface area contributed by atoms with E-state index < -0.39 is 0 Å². The zero-order chi connectivity index (χ0) is 17.4. The van der Waals surface area contributed by atoms with E-state index in [1.54, 1.807) is 0 Å². The summed E-state index contributed by atoms with van der Waals surface area (Å²) < 4.78 is 5.66. The number of aromatic nitrogens is 2. The van der Waals surface area contributed by atoms with Gasteiger partial charge in [-0.15, -0.1) is 10.2 Å². The van der Waals surface area contributed by atoms with Gasteiger partial charge in [-0.25, -0.2) is 0 Å². The predicted octanol–water partition coefficient (Wildman–Crippen LogP) is 4.02. The van der Waals surface area contributed by atoms with Gasteiger partial charge in [0.2, 0.25) is 5.88 Å². The predicted molar refractivity (Wildman–Crippen MR) is 102 cm³/mol. The molecule has 0 aliphatic carbocycles. The molecule has 128 valence electrons. The van der Waals surface area contributed by atoms with Gasteiger partial charge in [0.1, 0.15) is 5.69 Å². The van der Waals surface area contributed by atoms with E-state index in [-0.39, 0.29) is 6.04 Å². The SMILES string of the molecule is CCCCOc1cc(NC(=S)NC(C)C)c(-c2ccccc2)nn1. The van der Waals surface area contributed by atoms with Gasteiger partial charge in [0.25, 0.3) is 0 Å². The van der Waals surface area contributed by atoms with E-state index in [2.05, 4.69) is 27.8 Å². The lowest BCUT2D eigenvalue weighted by Crippen LogP contribution is -2.34. The van der Waals surface area contributed by atoms with Crippen LogP contribution in [0.3, 0.4) is 0 Å². The first-order valence-electron chi connectivity index (χ1n) is 8.23. The van der Waals surface area contributed by atoms with E-state index in [9.17, 15) is 0 Å². The fraction of sp³-hybridized carbons (Fsp3) is 0.389. The summed E-state index contributed by atoms with van der Waals surface area (Å²) in [6.45, 7) is 6.83. The van der Waals surface area contributed by atoms with Crippen molar-refractivity contribution in [2.24, 2.45) is 0 Å². The molecule has 1 aromatic carbocycles. The summed E-state index contributed by atoms with van der Waals surface area (Å²) in [5.41, 5.74) is 2.49. The first kappa shape index (κ1) is 18.1. The third-order valence-corrected chi connectivity index (χ3v) is 3.45. The standard InChI is InChI=1S/C18H24N4OS/c1-4-5-11-23-16-12-15(20-18(24)19-13(2)3)17(22-21-16)14-9-7-6-8-10-14/h6-10,12-13H,4-5,11H2,1-3H3,(H2,19,20,21,24). The van der Waals surface area contributed by atoms with Crippen LogP contribution < -0.4 is 15.4 Å². The van der Waals surface area contributed by atoms with E-state index in [1.165, 1.54) is 0 Å². The molecule has 24 heavy (non-hydrogen) atoms. The summed E-state index contributed by atoms with van der Waals surface area (Å²) in [6, 6.07) is 12.0. The van der Waals surface area contributed by atoms with Crippen LogP contribution >= 0.6 is 12.2 Å². The van der Waals surface area contributed by atoms with Crippen molar-refractivity contribution in [3.63, 3.8) is 0 Å². The highest BCUT2D eigenvalue weighted by atomic mass is 32.1. The first-order chi connectivity index (χ1) is 11.6. The average molecular weight is 344 g/mol. The zero-order valence-corrected chi connectivity index (χ0v) is 15.2. The lowest BCUT2D eigenvalue weighted by Gasteiger charge is -2.16. The second-order valence-electron chi connectivity index (χ2n) is 5.77. The maximum atomic E-state index is 5.66. The van der Waals surface area contributed by atoms with Crippen molar-refractivity contribution in [1.82, 2.24) is 15.5 Å². The van der Waals surface area contributed by atoms with Crippen molar-refractivity contribution in [2.75, 3.05) is 11.9 Å². The zero-order valence-electron chi connectivity index (χ0n) is 14.4. The largest absolute Gasteiger partial charge is 0.477 e. The number of rotatable bonds is 7. The fourth-order valence-electron chi connectivity index (χ4n) is 2.09. The van der Waals surface area contributed by atoms with Crippen LogP contribution in [-0.2, 0) is 0 Å². The number of hydrogen-bond donors (Lipinski definition) is 2. The van der Waals surface area contributed by atoms with Crippen LogP contribution in [0.1, 0.15) is 33.6 Å². The van der Waals surface area contributed by atoms with Crippen LogP contribution in [0, 0.1) is 0 Å². The summed E-state index contributed by atoms with van der Waals surface area (Å²) >= 11 is 5.36. The molecule has 0 saturated carbocycles. The average Bonchev–Trinajstić information content (AvgIpc) is 2.55. The molecule has 0 fully saturated rings. The molecule has 0 amide bonds. The van der Waals surface area contributed by atoms with Crippen molar-refractivity contribution >= 4 is 23.0 Å². The first-order valence-corrected chi connectivity index (χ1v) is 8.64. The number of nitrogens with one attached hydrogen (secondary N) is 2. The molecule has 1 aromatic heterocycles. The molecule has 2 N–H and O–H groups in total. The van der Waals surface area contributed by atoms with Gasteiger partial charge in [-0.05, 0) is 32.5 Å². The fourth-order valence-corrected chi connectivity index (χ4v) is 2.44. The van der Waals surface area contributed by atoms with Crippen molar-refractivity contribution in [3.05, 3.63) is 36.4 Å². The molecular formula is C18H24N4OS. The third-order valence-electron chi connectivity index (χ3n) is 3.23. The highest BCUT2D eigenvalue weighted by Gasteiger charge is 2.12. The molecule has 6 heteroatoms. The molecule has 0 radical (unpaired) electrons. The molecule has 0 atom stereocenters. The molecule has 1 heterocycles. The normalized spacial score (nSPS) is 10.5. The third kappa shape index (κ3) is 5.45. The highest BCUT2D eigenvalue weighted by Crippen LogP contribution is 2.27. The van der Waals surface area contributed by atoms with E-state index >= 15 is 0 Å². The van der Waals surface area contributed by atoms with E-state index in [1.807, 2.05) is 50.2 Å². The van der Waals surface area contributed by atoms with Crippen LogP contribution in [0.25, 0.3) is 11.3 Å². The molecule has 0 spiro atoms. The Balaban J connectivity index is 2.26. The maximum absolute atomic E-state index is 5.66. The van der Waals surface area contributed by atoms with Crippen LogP contribution in [0.15, 0.2) is 36.4 Å². The number of thiocarbonyl (C=S) groups is 1. The van der Waals surface area contributed by atoms with Crippen LogP contribution in [0.4, 0.5) is 5.69 Å². The summed E-state index contributed by atoms with van der Waals surface area (Å²) in [6.07, 6.45) is 2.06. The van der Waals surface area contributed by atoms with E-state index in [4.69, 9.17) is 17.0 Å². The minimum Gasteiger partial charge on any atom is -0.477 e. The van der Waals surface area contributed by atoms with Gasteiger partial charge >= 0.3 is 0 Å². The van der Waals surface area contributed by atoms with Gasteiger partial charge in [-0.1, -0.05) is 43.7 Å². The Bertz CT molecular complexity index is 661. The topological polar surface area (TPSA) is 59.1 Å². The minimum absolute atomic E-state index is 0.250. The minimum atomic E-state index is 0.250. The second kappa shape index (κ2) is 9.17. The van der Waals surface area contributed by atoms with Crippen LogP contribution in [0.2, 0.25) is 0 Å². The molecule has 5 nitrogen and oxygen atoms in total. The summed E-state index contributed by atoms with van der Waals surface area (Å²) in [5.74, 6) is 0.498. The smallest absolute Gasteiger partial charge is 0.235 e. The molecule has 2 aromatic rings. The Hall–Kier alpha value is -2.21. The van der Waals surface area contributed by atoms with E-state index in [0.29, 0.717) is 17.6 Å². The number of benzene rings is 1. The summed E-state index contributed by atoms with van der Waals surface area (Å²) in [5, 5.41) is 15.4. The number of unbranched alkanes of at least 4 members (excludes halogenated alkanes) is 1. The van der Waals surface area contributed by atoms with Gasteiger partial charge in [0, 0.05) is 17.7 Å². The Morgan fingerprint density at radius 2 is 1.96 bits per heavy atom. The molecule has 0 bridgehead atoms. The number of hydrogen-bond acceptors (Lipinski definition) is 4. The Labute approximate surface area is 148 Å². The van der Waals surface area contributed by atoms with Crippen LogP contribution in [-0.4, -0.2) is 28.0 Å². The number of nitrogens with zero attached hydrogens (tertiary/aromatic N) is 2. The molecule has 0 aliphatic heterocycles. The monoisotopic (exact) mass is 344 g/mol. The van der Waals surface area contributed by atoms with Crippen molar-refractivity contribution in [3.8, 4) is 17.1 Å². The van der Waals surface area contributed by atoms with Crippen LogP contribution in [0.5, 0.6) is 5.88 Å². The molecule has 0 saturated heterocycles.